The molecule has 0 aliphatic heterocycles. The Morgan fingerprint density at radius 1 is 0.833 bits per heavy atom. The molecule has 0 aromatic heterocycles. The molecule has 4 N–H and O–H groups in total. The van der Waals surface area contributed by atoms with Gasteiger partial charge in [0.1, 0.15) is 5.82 Å². The molecule has 0 spiro atoms. The van der Waals surface area contributed by atoms with Crippen molar-refractivity contribution in [2.24, 2.45) is 5.73 Å². The fourth-order valence-electron chi connectivity index (χ4n) is 2.68. The molecule has 152 valence electrons. The number of amides is 3. The minimum Gasteiger partial charge on any atom is -0.444 e. The van der Waals surface area contributed by atoms with Crippen LogP contribution in [0.4, 0.5) is 20.6 Å². The lowest BCUT2D eigenvalue weighted by molar-refractivity contribution is -0.125. The van der Waals surface area contributed by atoms with Crippen LogP contribution in [0, 0.1) is 5.82 Å². The van der Waals surface area contributed by atoms with Crippen molar-refractivity contribution in [3.8, 4) is 0 Å². The van der Waals surface area contributed by atoms with E-state index >= 15 is 0 Å². The summed E-state index contributed by atoms with van der Waals surface area (Å²) in [5.74, 6) is -1.82. The van der Waals surface area contributed by atoms with Crippen LogP contribution >= 0.6 is 0 Å². The van der Waals surface area contributed by atoms with E-state index in [2.05, 4.69) is 10.6 Å². The second-order valence-corrected chi connectivity index (χ2v) is 6.26. The molecule has 0 heterocycles. The van der Waals surface area contributed by atoms with Gasteiger partial charge in [-0.2, -0.15) is 0 Å². The average molecular weight is 407 g/mol. The van der Waals surface area contributed by atoms with Crippen LogP contribution in [0.25, 0.3) is 0 Å². The largest absolute Gasteiger partial charge is 0.444 e. The molecule has 3 rings (SSSR count). The Bertz CT molecular complexity index is 1060. The molecular weight excluding hydrogens is 389 g/mol. The van der Waals surface area contributed by atoms with E-state index < -0.39 is 29.8 Å². The summed E-state index contributed by atoms with van der Waals surface area (Å²) < 4.78 is 18.6. The minimum atomic E-state index is -1.25. The van der Waals surface area contributed by atoms with Gasteiger partial charge in [-0.25, -0.2) is 14.0 Å². The fraction of sp³-hybridized carbons (Fsp3) is 0.0455. The lowest BCUT2D eigenvalue weighted by atomic mass is 10.1. The predicted molar refractivity (Wildman–Crippen MR) is 109 cm³/mol. The number of urea groups is 1. The van der Waals surface area contributed by atoms with Crippen LogP contribution in [0.3, 0.4) is 0 Å². The summed E-state index contributed by atoms with van der Waals surface area (Å²) in [5, 5.41) is 4.97. The number of nitrogens with one attached hydrogen (secondary N) is 2. The summed E-state index contributed by atoms with van der Waals surface area (Å²) in [5.41, 5.74) is 6.33. The van der Waals surface area contributed by atoms with Crippen molar-refractivity contribution in [1.29, 1.82) is 0 Å². The number of anilines is 2. The third-order valence-electron chi connectivity index (χ3n) is 4.04. The summed E-state index contributed by atoms with van der Waals surface area (Å²) in [6.07, 6.45) is -1.25. The highest BCUT2D eigenvalue weighted by Crippen LogP contribution is 2.23. The second kappa shape index (κ2) is 9.33. The van der Waals surface area contributed by atoms with Gasteiger partial charge in [-0.1, -0.05) is 36.4 Å². The summed E-state index contributed by atoms with van der Waals surface area (Å²) in [7, 11) is 0. The van der Waals surface area contributed by atoms with Crippen molar-refractivity contribution in [2.75, 3.05) is 10.6 Å². The maximum atomic E-state index is 13.1. The molecule has 7 nitrogen and oxygen atoms in total. The maximum absolute atomic E-state index is 13.1. The van der Waals surface area contributed by atoms with E-state index in [1.807, 2.05) is 0 Å². The van der Waals surface area contributed by atoms with Crippen molar-refractivity contribution in [3.63, 3.8) is 0 Å². The third kappa shape index (κ3) is 5.41. The normalized spacial score (nSPS) is 11.2. The van der Waals surface area contributed by atoms with E-state index in [0.29, 0.717) is 16.9 Å². The van der Waals surface area contributed by atoms with Gasteiger partial charge in [-0.3, -0.25) is 4.79 Å². The van der Waals surface area contributed by atoms with E-state index in [4.69, 9.17) is 10.5 Å². The Morgan fingerprint density at radius 2 is 1.53 bits per heavy atom. The molecule has 0 aliphatic rings. The molecule has 0 bridgehead atoms. The molecule has 0 saturated heterocycles. The molecule has 8 heteroatoms. The molecule has 0 aliphatic carbocycles. The summed E-state index contributed by atoms with van der Waals surface area (Å²) >= 11 is 0. The number of carbonyl (C=O) groups is 3. The first-order valence-electron chi connectivity index (χ1n) is 8.91. The van der Waals surface area contributed by atoms with E-state index in [9.17, 15) is 18.8 Å². The van der Waals surface area contributed by atoms with Crippen LogP contribution < -0.4 is 16.4 Å². The topological polar surface area (TPSA) is 111 Å². The van der Waals surface area contributed by atoms with E-state index in [1.165, 1.54) is 42.5 Å². The maximum Gasteiger partial charge on any atom is 0.339 e. The number of halogens is 1. The first-order chi connectivity index (χ1) is 14.4. The van der Waals surface area contributed by atoms with Gasteiger partial charge in [0, 0.05) is 16.9 Å². The van der Waals surface area contributed by atoms with Crippen molar-refractivity contribution >= 4 is 29.3 Å². The number of nitrogens with two attached hydrogens (primary N) is 1. The van der Waals surface area contributed by atoms with Crippen LogP contribution in [-0.2, 0) is 9.53 Å². The number of rotatable bonds is 6. The summed E-state index contributed by atoms with van der Waals surface area (Å²) in [4.78, 5) is 36.5. The van der Waals surface area contributed by atoms with Gasteiger partial charge in [0.05, 0.1) is 5.56 Å². The number of esters is 1. The zero-order chi connectivity index (χ0) is 21.5. The lowest BCUT2D eigenvalue weighted by Crippen LogP contribution is -2.26. The molecular formula is C22H18FN3O4. The molecule has 0 unspecified atom stereocenters. The van der Waals surface area contributed by atoms with E-state index in [1.54, 1.807) is 36.4 Å². The molecule has 30 heavy (non-hydrogen) atoms. The van der Waals surface area contributed by atoms with Gasteiger partial charge >= 0.3 is 12.0 Å². The Labute approximate surface area is 171 Å². The molecule has 3 aromatic rings. The fourth-order valence-corrected chi connectivity index (χ4v) is 2.68. The van der Waals surface area contributed by atoms with Crippen molar-refractivity contribution in [1.82, 2.24) is 0 Å². The Balaban J connectivity index is 1.82. The van der Waals surface area contributed by atoms with Gasteiger partial charge in [-0.05, 0) is 42.5 Å². The van der Waals surface area contributed by atoms with Gasteiger partial charge in [0.25, 0.3) is 5.91 Å². The quantitative estimate of drug-likeness (QED) is 0.539. The molecule has 0 fully saturated rings. The smallest absolute Gasteiger partial charge is 0.339 e. The number of carbonyl (C=O) groups excluding carboxylic acids is 3. The molecule has 3 aromatic carbocycles. The van der Waals surface area contributed by atoms with Crippen molar-refractivity contribution in [3.05, 3.63) is 95.8 Å². The monoisotopic (exact) mass is 407 g/mol. The third-order valence-corrected chi connectivity index (χ3v) is 4.04. The number of benzene rings is 3. The number of primary amides is 1. The van der Waals surface area contributed by atoms with Crippen molar-refractivity contribution < 1.29 is 23.5 Å². The highest BCUT2D eigenvalue weighted by molar-refractivity contribution is 5.98. The SMILES string of the molecule is NC(=O)Nc1cccc(C(=O)O[C@H](C(=O)Nc2ccc(F)cc2)c2ccccc2)c1. The number of ether oxygens (including phenoxy) is 1. The van der Waals surface area contributed by atoms with Crippen molar-refractivity contribution in [2.45, 2.75) is 6.10 Å². The first kappa shape index (κ1) is 20.5. The standard InChI is InChI=1S/C22H18FN3O4/c23-16-9-11-17(12-10-16)25-20(27)19(14-5-2-1-3-6-14)30-21(28)15-7-4-8-18(13-15)26-22(24)29/h1-13,19H,(H,25,27)(H3,24,26,29)/t19-/m0/s1. The zero-order valence-electron chi connectivity index (χ0n) is 15.7. The minimum absolute atomic E-state index is 0.122. The van der Waals surface area contributed by atoms with Gasteiger partial charge in [0.15, 0.2) is 0 Å². The van der Waals surface area contributed by atoms with E-state index in [-0.39, 0.29) is 5.56 Å². The highest BCUT2D eigenvalue weighted by atomic mass is 19.1. The zero-order valence-corrected chi connectivity index (χ0v) is 15.7. The van der Waals surface area contributed by atoms with Gasteiger partial charge < -0.3 is 21.1 Å². The van der Waals surface area contributed by atoms with Gasteiger partial charge in [0.2, 0.25) is 6.10 Å². The number of hydrogen-bond donors (Lipinski definition) is 3. The molecule has 0 saturated carbocycles. The second-order valence-electron chi connectivity index (χ2n) is 6.26. The highest BCUT2D eigenvalue weighted by Gasteiger charge is 2.26. The van der Waals surface area contributed by atoms with E-state index in [0.717, 1.165) is 0 Å². The Hall–Kier alpha value is -4.20. The van der Waals surface area contributed by atoms with Crippen LogP contribution in [0.2, 0.25) is 0 Å². The number of hydrogen-bond acceptors (Lipinski definition) is 4. The Morgan fingerprint density at radius 3 is 2.20 bits per heavy atom. The first-order valence-corrected chi connectivity index (χ1v) is 8.91. The van der Waals surface area contributed by atoms with Crippen LogP contribution in [0.1, 0.15) is 22.0 Å². The van der Waals surface area contributed by atoms with Crippen LogP contribution in [0.5, 0.6) is 0 Å². The average Bonchev–Trinajstić information content (AvgIpc) is 2.73. The van der Waals surface area contributed by atoms with Crippen LogP contribution in [0.15, 0.2) is 78.9 Å². The molecule has 0 radical (unpaired) electrons. The van der Waals surface area contributed by atoms with Crippen LogP contribution in [-0.4, -0.2) is 17.9 Å². The molecule has 1 atom stereocenters. The summed E-state index contributed by atoms with van der Waals surface area (Å²) in [6.45, 7) is 0. The Kier molecular flexibility index (Phi) is 6.39. The van der Waals surface area contributed by atoms with Gasteiger partial charge in [-0.15, -0.1) is 0 Å². The predicted octanol–water partition coefficient (Wildman–Crippen LogP) is 3.85. The lowest BCUT2D eigenvalue weighted by Gasteiger charge is -2.18. The molecule has 3 amide bonds. The summed E-state index contributed by atoms with van der Waals surface area (Å²) in [6, 6.07) is 18.9.